The van der Waals surface area contributed by atoms with Crippen LogP contribution in [0.15, 0.2) is 34.9 Å². The Balaban J connectivity index is 1.78. The quantitative estimate of drug-likeness (QED) is 0.918. The number of hydrogen-bond donors (Lipinski definition) is 1. The third-order valence-electron chi connectivity index (χ3n) is 3.68. The largest absolute Gasteiger partial charge is 0.375 e. The molecule has 0 aliphatic carbocycles. The van der Waals surface area contributed by atoms with E-state index in [0.29, 0.717) is 24.9 Å². The lowest BCUT2D eigenvalue weighted by Gasteiger charge is -2.38. The van der Waals surface area contributed by atoms with E-state index in [9.17, 15) is 0 Å². The van der Waals surface area contributed by atoms with Crippen LogP contribution in [0.25, 0.3) is 0 Å². The van der Waals surface area contributed by atoms with E-state index in [1.54, 1.807) is 0 Å². The number of rotatable bonds is 4. The van der Waals surface area contributed by atoms with Crippen LogP contribution in [0.3, 0.4) is 0 Å². The van der Waals surface area contributed by atoms with E-state index in [4.69, 9.17) is 15.0 Å². The lowest BCUT2D eigenvalue weighted by atomic mass is 10.0. The molecule has 0 amide bonds. The second-order valence-electron chi connectivity index (χ2n) is 5.31. The molecule has 3 rings (SSSR count). The molecule has 1 aliphatic rings. The smallest absolute Gasteiger partial charge is 0.240 e. The van der Waals surface area contributed by atoms with Crippen molar-refractivity contribution in [2.75, 3.05) is 13.2 Å². The Hall–Kier alpha value is -1.76. The number of nitrogens with zero attached hydrogens (tertiary/aromatic N) is 3. The Morgan fingerprint density at radius 1 is 1.33 bits per heavy atom. The van der Waals surface area contributed by atoms with E-state index in [-0.39, 0.29) is 18.7 Å². The fourth-order valence-electron chi connectivity index (χ4n) is 2.65. The first-order valence-electron chi connectivity index (χ1n) is 7.18. The molecule has 1 aromatic heterocycles. The monoisotopic (exact) mass is 288 g/mol. The van der Waals surface area contributed by atoms with E-state index in [1.165, 1.54) is 5.56 Å². The van der Waals surface area contributed by atoms with E-state index < -0.39 is 0 Å². The Labute approximate surface area is 123 Å². The molecule has 0 bridgehead atoms. The van der Waals surface area contributed by atoms with Crippen LogP contribution in [0.5, 0.6) is 0 Å². The zero-order chi connectivity index (χ0) is 14.7. The highest BCUT2D eigenvalue weighted by molar-refractivity contribution is 5.19. The molecule has 0 radical (unpaired) electrons. The number of ether oxygens (including phenoxy) is 1. The second kappa shape index (κ2) is 6.34. The van der Waals surface area contributed by atoms with Crippen LogP contribution < -0.4 is 5.73 Å². The van der Waals surface area contributed by atoms with Crippen LogP contribution in [0.2, 0.25) is 0 Å². The van der Waals surface area contributed by atoms with Gasteiger partial charge in [0.05, 0.1) is 31.8 Å². The highest BCUT2D eigenvalue weighted by Crippen LogP contribution is 2.27. The molecule has 2 N–H and O–H groups in total. The van der Waals surface area contributed by atoms with Gasteiger partial charge in [0.25, 0.3) is 0 Å². The number of benzene rings is 1. The molecular formula is C15H20N4O2. The molecule has 2 aromatic rings. The summed E-state index contributed by atoms with van der Waals surface area (Å²) in [6, 6.07) is 10.6. The van der Waals surface area contributed by atoms with Gasteiger partial charge in [-0.1, -0.05) is 35.5 Å². The first-order chi connectivity index (χ1) is 10.3. The van der Waals surface area contributed by atoms with Gasteiger partial charge in [0.15, 0.2) is 5.82 Å². The average Bonchev–Trinajstić information content (AvgIpc) is 2.96. The maximum atomic E-state index is 5.81. The van der Waals surface area contributed by atoms with Crippen LogP contribution in [0.1, 0.15) is 30.2 Å². The van der Waals surface area contributed by atoms with Crippen LogP contribution in [0.4, 0.5) is 0 Å². The van der Waals surface area contributed by atoms with Crippen molar-refractivity contribution in [3.8, 4) is 0 Å². The summed E-state index contributed by atoms with van der Waals surface area (Å²) in [6.07, 6.45) is 0.200. The zero-order valence-electron chi connectivity index (χ0n) is 12.1. The maximum Gasteiger partial charge on any atom is 0.240 e. The van der Waals surface area contributed by atoms with Crippen LogP contribution in [-0.2, 0) is 17.8 Å². The minimum absolute atomic E-state index is 0.200. The summed E-state index contributed by atoms with van der Waals surface area (Å²) in [4.78, 5) is 6.62. The first kappa shape index (κ1) is 14.2. The van der Waals surface area contributed by atoms with Crippen molar-refractivity contribution < 1.29 is 9.26 Å². The lowest BCUT2D eigenvalue weighted by molar-refractivity contribution is -0.0607. The average molecular weight is 288 g/mol. The molecule has 21 heavy (non-hydrogen) atoms. The van der Waals surface area contributed by atoms with Gasteiger partial charge in [-0.05, 0) is 12.5 Å². The fourth-order valence-corrected chi connectivity index (χ4v) is 2.65. The van der Waals surface area contributed by atoms with Crippen LogP contribution >= 0.6 is 0 Å². The summed E-state index contributed by atoms with van der Waals surface area (Å²) < 4.78 is 10.9. The molecule has 6 nitrogen and oxygen atoms in total. The molecule has 112 valence electrons. The lowest BCUT2D eigenvalue weighted by Crippen LogP contribution is -2.43. The number of aromatic nitrogens is 2. The first-order valence-corrected chi connectivity index (χ1v) is 7.18. The Kier molecular flexibility index (Phi) is 4.28. The molecular weight excluding hydrogens is 268 g/mol. The molecule has 2 atom stereocenters. The van der Waals surface area contributed by atoms with Gasteiger partial charge in [-0.3, -0.25) is 4.90 Å². The van der Waals surface area contributed by atoms with Crippen LogP contribution in [0, 0.1) is 0 Å². The van der Waals surface area contributed by atoms with Gasteiger partial charge in [-0.15, -0.1) is 0 Å². The number of hydrogen-bond acceptors (Lipinski definition) is 6. The molecule has 2 heterocycles. The van der Waals surface area contributed by atoms with E-state index in [2.05, 4.69) is 34.1 Å². The molecule has 1 aromatic carbocycles. The molecule has 1 saturated heterocycles. The normalized spacial score (nSPS) is 23.3. The summed E-state index contributed by atoms with van der Waals surface area (Å²) in [5.74, 6) is 1.15. The van der Waals surface area contributed by atoms with Gasteiger partial charge < -0.3 is 15.0 Å². The molecule has 0 saturated carbocycles. The summed E-state index contributed by atoms with van der Waals surface area (Å²) in [7, 11) is 0. The predicted octanol–water partition coefficient (Wildman–Crippen LogP) is 1.49. The minimum Gasteiger partial charge on any atom is -0.375 e. The summed E-state index contributed by atoms with van der Waals surface area (Å²) in [5, 5.41) is 3.99. The summed E-state index contributed by atoms with van der Waals surface area (Å²) >= 11 is 0. The third kappa shape index (κ3) is 3.29. The van der Waals surface area contributed by atoms with Crippen molar-refractivity contribution in [3.05, 3.63) is 47.6 Å². The number of morpholine rings is 1. The van der Waals surface area contributed by atoms with E-state index in [1.807, 2.05) is 18.2 Å². The van der Waals surface area contributed by atoms with E-state index >= 15 is 0 Å². The molecule has 1 aliphatic heterocycles. The highest BCUT2D eigenvalue weighted by Gasteiger charge is 2.29. The Morgan fingerprint density at radius 3 is 2.86 bits per heavy atom. The molecule has 1 fully saturated rings. The summed E-state index contributed by atoms with van der Waals surface area (Å²) in [6.45, 7) is 4.50. The SMILES string of the molecule is CC1CN(Cc2noc(CN)n2)C(c2ccccc2)CO1. The fraction of sp³-hybridized carbons (Fsp3) is 0.467. The standard InChI is InChI=1S/C15H20N4O2/c1-11-8-19(9-14-17-15(7-16)21-18-14)13(10-20-11)12-5-3-2-4-6-12/h2-6,11,13H,7-10,16H2,1H3. The van der Waals surface area contributed by atoms with Gasteiger partial charge in [0, 0.05) is 6.54 Å². The Morgan fingerprint density at radius 2 is 2.14 bits per heavy atom. The highest BCUT2D eigenvalue weighted by atomic mass is 16.5. The van der Waals surface area contributed by atoms with Crippen molar-refractivity contribution >= 4 is 0 Å². The predicted molar refractivity (Wildman–Crippen MR) is 77.2 cm³/mol. The summed E-state index contributed by atoms with van der Waals surface area (Å²) in [5.41, 5.74) is 6.75. The van der Waals surface area contributed by atoms with Gasteiger partial charge in [-0.25, -0.2) is 0 Å². The van der Waals surface area contributed by atoms with Crippen molar-refractivity contribution in [2.24, 2.45) is 5.73 Å². The van der Waals surface area contributed by atoms with Gasteiger partial charge in [0.2, 0.25) is 5.89 Å². The van der Waals surface area contributed by atoms with Crippen molar-refractivity contribution in [1.29, 1.82) is 0 Å². The van der Waals surface area contributed by atoms with E-state index in [0.717, 1.165) is 6.54 Å². The maximum absolute atomic E-state index is 5.81. The van der Waals surface area contributed by atoms with Gasteiger partial charge in [-0.2, -0.15) is 4.98 Å². The van der Waals surface area contributed by atoms with Gasteiger partial charge >= 0.3 is 0 Å². The van der Waals surface area contributed by atoms with Crippen LogP contribution in [-0.4, -0.2) is 34.3 Å². The molecule has 0 spiro atoms. The topological polar surface area (TPSA) is 77.4 Å². The molecule has 2 unspecified atom stereocenters. The Bertz CT molecular complexity index is 572. The van der Waals surface area contributed by atoms with Crippen molar-refractivity contribution in [3.63, 3.8) is 0 Å². The van der Waals surface area contributed by atoms with Gasteiger partial charge in [0.1, 0.15) is 0 Å². The second-order valence-corrected chi connectivity index (χ2v) is 5.31. The third-order valence-corrected chi connectivity index (χ3v) is 3.68. The minimum atomic E-state index is 0.200. The zero-order valence-corrected chi connectivity index (χ0v) is 12.1. The molecule has 6 heteroatoms. The number of nitrogens with two attached hydrogens (primary N) is 1. The van der Waals surface area contributed by atoms with Crippen molar-refractivity contribution in [2.45, 2.75) is 32.2 Å². The van der Waals surface area contributed by atoms with Crippen molar-refractivity contribution in [1.82, 2.24) is 15.0 Å².